The zero-order chi connectivity index (χ0) is 11.5. The van der Waals surface area contributed by atoms with E-state index in [4.69, 9.17) is 0 Å². The van der Waals surface area contributed by atoms with Gasteiger partial charge in [0.25, 0.3) is 0 Å². The summed E-state index contributed by atoms with van der Waals surface area (Å²) in [5.74, 6) is 0.387. The third kappa shape index (κ3) is 2.03. The van der Waals surface area contributed by atoms with E-state index in [2.05, 4.69) is 6.92 Å². The van der Waals surface area contributed by atoms with E-state index in [1.54, 1.807) is 0 Å². The number of carbonyl (C=O) groups is 1. The van der Waals surface area contributed by atoms with Gasteiger partial charge in [0.2, 0.25) is 0 Å². The van der Waals surface area contributed by atoms with Crippen LogP contribution in [0.1, 0.15) is 37.9 Å². The van der Waals surface area contributed by atoms with Crippen LogP contribution in [0.5, 0.6) is 0 Å². The van der Waals surface area contributed by atoms with E-state index in [0.717, 1.165) is 18.4 Å². The highest BCUT2D eigenvalue weighted by molar-refractivity contribution is 5.84. The number of aliphatic hydroxyl groups excluding tert-OH is 1. The molecular formula is C14H18O2. The molecule has 2 heteroatoms. The number of carbonyl (C=O) groups excluding carboxylic acids is 1. The van der Waals surface area contributed by atoms with Crippen molar-refractivity contribution in [2.45, 2.75) is 32.3 Å². The Kier molecular flexibility index (Phi) is 3.39. The summed E-state index contributed by atoms with van der Waals surface area (Å²) in [6.45, 7) is 2.09. The maximum absolute atomic E-state index is 11.8. The van der Waals surface area contributed by atoms with Crippen molar-refractivity contribution in [3.63, 3.8) is 0 Å². The summed E-state index contributed by atoms with van der Waals surface area (Å²) in [4.78, 5) is 11.8. The van der Waals surface area contributed by atoms with E-state index in [9.17, 15) is 9.90 Å². The van der Waals surface area contributed by atoms with E-state index in [1.165, 1.54) is 0 Å². The summed E-state index contributed by atoms with van der Waals surface area (Å²) in [5.41, 5.74) is 0.862. The molecule has 2 nitrogen and oxygen atoms in total. The van der Waals surface area contributed by atoms with Crippen molar-refractivity contribution in [2.75, 3.05) is 0 Å². The van der Waals surface area contributed by atoms with Gasteiger partial charge < -0.3 is 5.11 Å². The molecule has 1 aliphatic rings. The molecule has 1 aromatic carbocycles. The minimum atomic E-state index is -0.624. The normalized spacial score (nSPS) is 27.0. The molecule has 86 valence electrons. The first kappa shape index (κ1) is 11.3. The summed E-state index contributed by atoms with van der Waals surface area (Å²) in [7, 11) is 0. The standard InChI is InChI=1S/C14H18O2/c1-2-10-8-9-12(15)13(10)14(16)11-6-4-3-5-7-11/h3-7,10,13-14,16H,2,8-9H2,1H3/t10-,13+,14?/m0/s1. The van der Waals surface area contributed by atoms with Crippen LogP contribution in [0.15, 0.2) is 30.3 Å². The van der Waals surface area contributed by atoms with Gasteiger partial charge in [0.1, 0.15) is 5.78 Å². The van der Waals surface area contributed by atoms with Crippen molar-refractivity contribution in [2.24, 2.45) is 11.8 Å². The summed E-state index contributed by atoms with van der Waals surface area (Å²) in [6.07, 6.45) is 1.92. The van der Waals surface area contributed by atoms with Gasteiger partial charge in [-0.25, -0.2) is 0 Å². The van der Waals surface area contributed by atoms with Crippen molar-refractivity contribution < 1.29 is 9.90 Å². The van der Waals surface area contributed by atoms with E-state index in [-0.39, 0.29) is 11.7 Å². The van der Waals surface area contributed by atoms with Crippen molar-refractivity contribution in [3.05, 3.63) is 35.9 Å². The summed E-state index contributed by atoms with van der Waals surface area (Å²) < 4.78 is 0. The van der Waals surface area contributed by atoms with Crippen LogP contribution in [0, 0.1) is 11.8 Å². The van der Waals surface area contributed by atoms with Crippen molar-refractivity contribution in [1.82, 2.24) is 0 Å². The molecule has 0 spiro atoms. The number of ketones is 1. The highest BCUT2D eigenvalue weighted by Crippen LogP contribution is 2.39. The minimum Gasteiger partial charge on any atom is -0.388 e. The van der Waals surface area contributed by atoms with Gasteiger partial charge in [-0.05, 0) is 17.9 Å². The van der Waals surface area contributed by atoms with Crippen LogP contribution in [0.3, 0.4) is 0 Å². The molecule has 0 aliphatic heterocycles. The lowest BCUT2D eigenvalue weighted by Gasteiger charge is -2.22. The lowest BCUT2D eigenvalue weighted by Crippen LogP contribution is -2.22. The van der Waals surface area contributed by atoms with Crippen LogP contribution >= 0.6 is 0 Å². The number of benzene rings is 1. The molecule has 1 saturated carbocycles. The van der Waals surface area contributed by atoms with Crippen LogP contribution in [0.2, 0.25) is 0 Å². The van der Waals surface area contributed by atoms with Gasteiger partial charge in [-0.2, -0.15) is 0 Å². The smallest absolute Gasteiger partial charge is 0.139 e. The minimum absolute atomic E-state index is 0.188. The van der Waals surface area contributed by atoms with Gasteiger partial charge in [0.05, 0.1) is 12.0 Å². The molecule has 1 aromatic rings. The van der Waals surface area contributed by atoms with E-state index < -0.39 is 6.10 Å². The summed E-state index contributed by atoms with van der Waals surface area (Å²) >= 11 is 0. The van der Waals surface area contributed by atoms with Crippen molar-refractivity contribution in [1.29, 1.82) is 0 Å². The molecule has 1 unspecified atom stereocenters. The Morgan fingerprint density at radius 2 is 2.06 bits per heavy atom. The van der Waals surface area contributed by atoms with Gasteiger partial charge in [0, 0.05) is 6.42 Å². The second-order valence-electron chi connectivity index (χ2n) is 4.55. The molecule has 1 aliphatic carbocycles. The molecule has 0 heterocycles. The van der Waals surface area contributed by atoms with Crippen LogP contribution < -0.4 is 0 Å². The van der Waals surface area contributed by atoms with Gasteiger partial charge >= 0.3 is 0 Å². The van der Waals surface area contributed by atoms with E-state index in [0.29, 0.717) is 12.3 Å². The third-order valence-electron chi connectivity index (χ3n) is 3.65. The fraction of sp³-hybridized carbons (Fsp3) is 0.500. The molecule has 1 N–H and O–H groups in total. The third-order valence-corrected chi connectivity index (χ3v) is 3.65. The molecular weight excluding hydrogens is 200 g/mol. The maximum atomic E-state index is 11.8. The predicted octanol–water partition coefficient (Wildman–Crippen LogP) is 2.73. The van der Waals surface area contributed by atoms with E-state index >= 15 is 0 Å². The molecule has 1 fully saturated rings. The second-order valence-corrected chi connectivity index (χ2v) is 4.55. The quantitative estimate of drug-likeness (QED) is 0.847. The Bertz CT molecular complexity index is 358. The average molecular weight is 218 g/mol. The molecule has 16 heavy (non-hydrogen) atoms. The topological polar surface area (TPSA) is 37.3 Å². The number of Topliss-reactive ketones (excluding diaryl/α,β-unsaturated/α-hetero) is 1. The highest BCUT2D eigenvalue weighted by atomic mass is 16.3. The Morgan fingerprint density at radius 3 is 2.69 bits per heavy atom. The number of aliphatic hydroxyl groups is 1. The average Bonchev–Trinajstić information content (AvgIpc) is 2.70. The number of hydrogen-bond donors (Lipinski definition) is 1. The van der Waals surface area contributed by atoms with Crippen molar-refractivity contribution in [3.8, 4) is 0 Å². The first-order valence-corrected chi connectivity index (χ1v) is 5.99. The molecule has 0 bridgehead atoms. The second kappa shape index (κ2) is 4.79. The van der Waals surface area contributed by atoms with Crippen LogP contribution in [0.4, 0.5) is 0 Å². The zero-order valence-corrected chi connectivity index (χ0v) is 9.60. The molecule has 2 rings (SSSR count). The Balaban J connectivity index is 2.20. The molecule has 0 aromatic heterocycles. The van der Waals surface area contributed by atoms with Gasteiger partial charge in [-0.3, -0.25) is 4.79 Å². The zero-order valence-electron chi connectivity index (χ0n) is 9.60. The van der Waals surface area contributed by atoms with Crippen LogP contribution in [-0.2, 0) is 4.79 Å². The monoisotopic (exact) mass is 218 g/mol. The number of rotatable bonds is 3. The first-order valence-electron chi connectivity index (χ1n) is 5.99. The number of hydrogen-bond acceptors (Lipinski definition) is 2. The highest BCUT2D eigenvalue weighted by Gasteiger charge is 2.38. The Morgan fingerprint density at radius 1 is 1.38 bits per heavy atom. The maximum Gasteiger partial charge on any atom is 0.139 e. The van der Waals surface area contributed by atoms with Gasteiger partial charge in [-0.15, -0.1) is 0 Å². The van der Waals surface area contributed by atoms with Crippen LogP contribution in [0.25, 0.3) is 0 Å². The summed E-state index contributed by atoms with van der Waals surface area (Å²) in [5, 5.41) is 10.3. The Labute approximate surface area is 96.3 Å². The lowest BCUT2D eigenvalue weighted by molar-refractivity contribution is -0.124. The molecule has 3 atom stereocenters. The SMILES string of the molecule is CC[C@H]1CCC(=O)[C@@H]1C(O)c1ccccc1. The Hall–Kier alpha value is -1.15. The van der Waals surface area contributed by atoms with Gasteiger partial charge in [0.15, 0.2) is 0 Å². The molecule has 0 saturated heterocycles. The van der Waals surface area contributed by atoms with Crippen molar-refractivity contribution >= 4 is 5.78 Å². The summed E-state index contributed by atoms with van der Waals surface area (Å²) in [6, 6.07) is 9.51. The van der Waals surface area contributed by atoms with E-state index in [1.807, 2.05) is 30.3 Å². The molecule has 0 radical (unpaired) electrons. The largest absolute Gasteiger partial charge is 0.388 e. The fourth-order valence-electron chi connectivity index (χ4n) is 2.69. The first-order chi connectivity index (χ1) is 7.74. The van der Waals surface area contributed by atoms with Gasteiger partial charge in [-0.1, -0.05) is 43.7 Å². The predicted molar refractivity (Wildman–Crippen MR) is 62.9 cm³/mol. The lowest BCUT2D eigenvalue weighted by atomic mass is 9.85. The molecule has 0 amide bonds. The fourth-order valence-corrected chi connectivity index (χ4v) is 2.69. The van der Waals surface area contributed by atoms with Crippen LogP contribution in [-0.4, -0.2) is 10.9 Å².